The third-order valence-corrected chi connectivity index (χ3v) is 3.85. The zero-order valence-corrected chi connectivity index (χ0v) is 12.4. The number of halogens is 1. The van der Waals surface area contributed by atoms with Crippen molar-refractivity contribution in [1.29, 1.82) is 0 Å². The standard InChI is InChI=1S/C15H18BrNO/c1-15(2)8-7-11(14(18)9-15)10-17-13-5-3-12(16)4-6-13/h3-6,10,17H,7-9H2,1-2H3/b11-10-. The first-order valence-corrected chi connectivity index (χ1v) is 7.00. The van der Waals surface area contributed by atoms with E-state index in [0.717, 1.165) is 28.6 Å². The summed E-state index contributed by atoms with van der Waals surface area (Å²) in [5, 5.41) is 3.20. The van der Waals surface area contributed by atoms with Crippen LogP contribution in [0, 0.1) is 5.41 Å². The minimum absolute atomic E-state index is 0.159. The summed E-state index contributed by atoms with van der Waals surface area (Å²) in [6, 6.07) is 7.93. The van der Waals surface area contributed by atoms with Gasteiger partial charge in [0, 0.05) is 28.4 Å². The van der Waals surface area contributed by atoms with E-state index >= 15 is 0 Å². The molecule has 96 valence electrons. The summed E-state index contributed by atoms with van der Waals surface area (Å²) in [6.45, 7) is 4.31. The molecule has 0 heterocycles. The predicted molar refractivity (Wildman–Crippen MR) is 78.5 cm³/mol. The lowest BCUT2D eigenvalue weighted by Gasteiger charge is -2.29. The Kier molecular flexibility index (Phi) is 3.91. The van der Waals surface area contributed by atoms with Crippen molar-refractivity contribution in [2.45, 2.75) is 33.1 Å². The van der Waals surface area contributed by atoms with Crippen LogP contribution in [-0.4, -0.2) is 5.78 Å². The van der Waals surface area contributed by atoms with E-state index in [-0.39, 0.29) is 11.2 Å². The summed E-state index contributed by atoms with van der Waals surface area (Å²) >= 11 is 3.40. The maximum atomic E-state index is 12.0. The molecule has 1 aliphatic carbocycles. The van der Waals surface area contributed by atoms with Gasteiger partial charge in [-0.3, -0.25) is 4.79 Å². The molecule has 0 spiro atoms. The van der Waals surface area contributed by atoms with Crippen molar-refractivity contribution in [2.24, 2.45) is 5.41 Å². The summed E-state index contributed by atoms with van der Waals surface area (Å²) in [5.41, 5.74) is 2.08. The Morgan fingerprint density at radius 2 is 1.94 bits per heavy atom. The minimum Gasteiger partial charge on any atom is -0.361 e. The number of allylic oxidation sites excluding steroid dienone is 1. The van der Waals surface area contributed by atoms with Crippen molar-refractivity contribution in [3.63, 3.8) is 0 Å². The summed E-state index contributed by atoms with van der Waals surface area (Å²) in [7, 11) is 0. The Labute approximate surface area is 117 Å². The van der Waals surface area contributed by atoms with Crippen molar-refractivity contribution >= 4 is 27.4 Å². The molecule has 1 aromatic rings. The Balaban J connectivity index is 2.02. The van der Waals surface area contributed by atoms with Crippen LogP contribution in [0.1, 0.15) is 33.1 Å². The maximum Gasteiger partial charge on any atom is 0.160 e. The van der Waals surface area contributed by atoms with Gasteiger partial charge in [-0.1, -0.05) is 29.8 Å². The Hall–Kier alpha value is -1.09. The second-order valence-corrected chi connectivity index (χ2v) is 6.50. The van der Waals surface area contributed by atoms with Crippen LogP contribution >= 0.6 is 15.9 Å². The van der Waals surface area contributed by atoms with E-state index in [1.165, 1.54) is 0 Å². The fourth-order valence-electron chi connectivity index (χ4n) is 2.12. The van der Waals surface area contributed by atoms with Crippen molar-refractivity contribution < 1.29 is 4.79 Å². The normalized spacial score (nSPS) is 21.1. The smallest absolute Gasteiger partial charge is 0.160 e. The van der Waals surface area contributed by atoms with Crippen LogP contribution in [0.2, 0.25) is 0 Å². The van der Waals surface area contributed by atoms with Gasteiger partial charge in [-0.25, -0.2) is 0 Å². The average Bonchev–Trinajstić information content (AvgIpc) is 2.29. The molecule has 2 rings (SSSR count). The number of hydrogen-bond donors (Lipinski definition) is 1. The first-order chi connectivity index (χ1) is 8.46. The fourth-order valence-corrected chi connectivity index (χ4v) is 2.38. The topological polar surface area (TPSA) is 29.1 Å². The van der Waals surface area contributed by atoms with Crippen LogP contribution < -0.4 is 5.32 Å². The van der Waals surface area contributed by atoms with Gasteiger partial charge in [0.1, 0.15) is 0 Å². The second kappa shape index (κ2) is 5.27. The van der Waals surface area contributed by atoms with Crippen LogP contribution in [0.3, 0.4) is 0 Å². The molecule has 3 heteroatoms. The van der Waals surface area contributed by atoms with Gasteiger partial charge in [-0.05, 0) is 42.5 Å². The van der Waals surface area contributed by atoms with Gasteiger partial charge in [0.25, 0.3) is 0 Å². The lowest BCUT2D eigenvalue weighted by Crippen LogP contribution is -2.24. The molecule has 1 aromatic carbocycles. The molecule has 0 bridgehead atoms. The van der Waals surface area contributed by atoms with Crippen LogP contribution in [0.25, 0.3) is 0 Å². The molecule has 0 aliphatic heterocycles. The van der Waals surface area contributed by atoms with Gasteiger partial charge in [-0.2, -0.15) is 0 Å². The molecule has 1 N–H and O–H groups in total. The van der Waals surface area contributed by atoms with E-state index in [4.69, 9.17) is 0 Å². The highest BCUT2D eigenvalue weighted by molar-refractivity contribution is 9.10. The second-order valence-electron chi connectivity index (χ2n) is 5.58. The van der Waals surface area contributed by atoms with Crippen molar-refractivity contribution in [1.82, 2.24) is 0 Å². The van der Waals surface area contributed by atoms with Gasteiger partial charge in [0.15, 0.2) is 5.78 Å². The van der Waals surface area contributed by atoms with E-state index < -0.39 is 0 Å². The SMILES string of the molecule is CC1(C)CC/C(=C/Nc2ccc(Br)cc2)C(=O)C1. The first kappa shape index (κ1) is 13.3. The fraction of sp³-hybridized carbons (Fsp3) is 0.400. The zero-order valence-electron chi connectivity index (χ0n) is 10.8. The highest BCUT2D eigenvalue weighted by Crippen LogP contribution is 2.35. The number of carbonyl (C=O) groups excluding carboxylic acids is 1. The number of anilines is 1. The Morgan fingerprint density at radius 3 is 2.56 bits per heavy atom. The summed E-state index contributed by atoms with van der Waals surface area (Å²) in [5.74, 6) is 0.274. The van der Waals surface area contributed by atoms with Crippen LogP contribution in [-0.2, 0) is 4.79 Å². The number of nitrogens with one attached hydrogen (secondary N) is 1. The van der Waals surface area contributed by atoms with Gasteiger partial charge < -0.3 is 5.32 Å². The molecule has 18 heavy (non-hydrogen) atoms. The molecule has 1 aliphatic rings. The van der Waals surface area contributed by atoms with Crippen LogP contribution in [0.5, 0.6) is 0 Å². The molecular formula is C15H18BrNO. The van der Waals surface area contributed by atoms with Crippen molar-refractivity contribution in [2.75, 3.05) is 5.32 Å². The monoisotopic (exact) mass is 307 g/mol. The third-order valence-electron chi connectivity index (χ3n) is 3.33. The van der Waals surface area contributed by atoms with Gasteiger partial charge in [0.2, 0.25) is 0 Å². The van der Waals surface area contributed by atoms with E-state index in [1.54, 1.807) is 0 Å². The molecule has 0 amide bonds. The molecule has 0 saturated heterocycles. The summed E-state index contributed by atoms with van der Waals surface area (Å²) in [4.78, 5) is 12.0. The zero-order chi connectivity index (χ0) is 13.2. The summed E-state index contributed by atoms with van der Waals surface area (Å²) in [6.07, 6.45) is 4.46. The Morgan fingerprint density at radius 1 is 1.28 bits per heavy atom. The predicted octanol–water partition coefficient (Wildman–Crippen LogP) is 4.52. The van der Waals surface area contributed by atoms with Crippen LogP contribution in [0.15, 0.2) is 40.5 Å². The van der Waals surface area contributed by atoms with Gasteiger partial charge >= 0.3 is 0 Å². The first-order valence-electron chi connectivity index (χ1n) is 6.21. The molecular weight excluding hydrogens is 290 g/mol. The maximum absolute atomic E-state index is 12.0. The van der Waals surface area contributed by atoms with Crippen LogP contribution in [0.4, 0.5) is 5.69 Å². The Bertz CT molecular complexity index is 474. The molecule has 1 saturated carbocycles. The quantitative estimate of drug-likeness (QED) is 0.814. The molecule has 0 atom stereocenters. The lowest BCUT2D eigenvalue weighted by atomic mass is 9.75. The molecule has 0 aromatic heterocycles. The lowest BCUT2D eigenvalue weighted by molar-refractivity contribution is -0.118. The van der Waals surface area contributed by atoms with Gasteiger partial charge in [-0.15, -0.1) is 0 Å². The molecule has 0 unspecified atom stereocenters. The number of Topliss-reactive ketones (excluding diaryl/α,β-unsaturated/α-hetero) is 1. The highest BCUT2D eigenvalue weighted by atomic mass is 79.9. The van der Waals surface area contributed by atoms with E-state index in [1.807, 2.05) is 30.5 Å². The third kappa shape index (κ3) is 3.45. The highest BCUT2D eigenvalue weighted by Gasteiger charge is 2.29. The minimum atomic E-state index is 0.159. The number of benzene rings is 1. The van der Waals surface area contributed by atoms with E-state index in [0.29, 0.717) is 6.42 Å². The number of ketones is 1. The average molecular weight is 308 g/mol. The summed E-state index contributed by atoms with van der Waals surface area (Å²) < 4.78 is 1.05. The molecule has 2 nitrogen and oxygen atoms in total. The van der Waals surface area contributed by atoms with Gasteiger partial charge in [0.05, 0.1) is 0 Å². The number of hydrogen-bond acceptors (Lipinski definition) is 2. The molecule has 0 radical (unpaired) electrons. The van der Waals surface area contributed by atoms with E-state index in [9.17, 15) is 4.79 Å². The largest absolute Gasteiger partial charge is 0.361 e. The van der Waals surface area contributed by atoms with Crippen molar-refractivity contribution in [3.05, 3.63) is 40.5 Å². The van der Waals surface area contributed by atoms with E-state index in [2.05, 4.69) is 35.1 Å². The van der Waals surface area contributed by atoms with Crippen molar-refractivity contribution in [3.8, 4) is 0 Å². The number of carbonyl (C=O) groups is 1. The number of rotatable bonds is 2. The molecule has 1 fully saturated rings.